The van der Waals surface area contributed by atoms with Gasteiger partial charge in [-0.1, -0.05) is 35.6 Å². The zero-order valence-electron chi connectivity index (χ0n) is 17.0. The normalized spacial score (nSPS) is 14.6. The maximum Gasteiger partial charge on any atom is 0.229 e. The van der Waals surface area contributed by atoms with E-state index < -0.39 is 0 Å². The van der Waals surface area contributed by atoms with Gasteiger partial charge in [0.15, 0.2) is 5.13 Å². The molecule has 1 aromatic heterocycles. The summed E-state index contributed by atoms with van der Waals surface area (Å²) in [7, 11) is 0. The Hall–Kier alpha value is -2.93. The predicted octanol–water partition coefficient (Wildman–Crippen LogP) is 4.25. The first kappa shape index (κ1) is 20.3. The first-order valence-corrected chi connectivity index (χ1v) is 11.0. The summed E-state index contributed by atoms with van der Waals surface area (Å²) in [5.41, 5.74) is 2.08. The quantitative estimate of drug-likeness (QED) is 0.643. The fraction of sp³-hybridized carbons (Fsp3) is 0.348. The Labute approximate surface area is 179 Å². The van der Waals surface area contributed by atoms with Crippen LogP contribution in [0.15, 0.2) is 48.5 Å². The van der Waals surface area contributed by atoms with Gasteiger partial charge in [0, 0.05) is 19.0 Å². The van der Waals surface area contributed by atoms with Crippen LogP contribution in [0, 0.1) is 12.8 Å². The molecule has 0 unspecified atom stereocenters. The standard InChI is InChI=1S/C23H25N3O3S/c1-16-7-8-19-20(15-16)30-23(24-19)25-22(28)17-9-12-26(13-10-17)21(27)11-14-29-18-5-3-2-4-6-18/h2-8,15,17H,9-14H2,1H3,(H,24,25,28). The number of nitrogens with zero attached hydrogens (tertiary/aromatic N) is 2. The summed E-state index contributed by atoms with van der Waals surface area (Å²) < 4.78 is 6.68. The van der Waals surface area contributed by atoms with Gasteiger partial charge in [0.25, 0.3) is 0 Å². The van der Waals surface area contributed by atoms with Gasteiger partial charge in [-0.2, -0.15) is 0 Å². The van der Waals surface area contributed by atoms with E-state index in [1.165, 1.54) is 16.9 Å². The number of benzene rings is 2. The summed E-state index contributed by atoms with van der Waals surface area (Å²) in [6.45, 7) is 3.60. The minimum absolute atomic E-state index is 0.00899. The van der Waals surface area contributed by atoms with Crippen molar-refractivity contribution in [3.8, 4) is 5.75 Å². The highest BCUT2D eigenvalue weighted by molar-refractivity contribution is 7.22. The topological polar surface area (TPSA) is 71.5 Å². The molecule has 3 aromatic rings. The van der Waals surface area contributed by atoms with Crippen molar-refractivity contribution in [1.82, 2.24) is 9.88 Å². The molecule has 1 fully saturated rings. The van der Waals surface area contributed by atoms with E-state index in [0.717, 1.165) is 16.0 Å². The molecular formula is C23H25N3O3S. The molecule has 2 amide bonds. The number of para-hydroxylation sites is 1. The molecule has 30 heavy (non-hydrogen) atoms. The fourth-order valence-corrected chi connectivity index (χ4v) is 4.58. The molecule has 1 aliphatic heterocycles. The number of carbonyl (C=O) groups excluding carboxylic acids is 2. The lowest BCUT2D eigenvalue weighted by Crippen LogP contribution is -2.41. The van der Waals surface area contributed by atoms with Gasteiger partial charge in [0.1, 0.15) is 5.75 Å². The van der Waals surface area contributed by atoms with E-state index in [-0.39, 0.29) is 17.7 Å². The second kappa shape index (κ2) is 9.26. The van der Waals surface area contributed by atoms with Crippen LogP contribution in [0.4, 0.5) is 5.13 Å². The number of ether oxygens (including phenoxy) is 1. The second-order valence-electron chi connectivity index (χ2n) is 7.55. The van der Waals surface area contributed by atoms with E-state index in [1.807, 2.05) is 54.3 Å². The monoisotopic (exact) mass is 423 g/mol. The third-order valence-electron chi connectivity index (χ3n) is 5.32. The number of aryl methyl sites for hydroxylation is 1. The lowest BCUT2D eigenvalue weighted by molar-refractivity contribution is -0.135. The Kier molecular flexibility index (Phi) is 6.28. The molecule has 0 bridgehead atoms. The smallest absolute Gasteiger partial charge is 0.229 e. The maximum absolute atomic E-state index is 12.6. The van der Waals surface area contributed by atoms with Crippen LogP contribution >= 0.6 is 11.3 Å². The highest BCUT2D eigenvalue weighted by Crippen LogP contribution is 2.28. The van der Waals surface area contributed by atoms with Crippen molar-refractivity contribution in [2.45, 2.75) is 26.2 Å². The molecule has 2 aromatic carbocycles. The maximum atomic E-state index is 12.6. The van der Waals surface area contributed by atoms with Crippen LogP contribution in [0.2, 0.25) is 0 Å². The van der Waals surface area contributed by atoms with Gasteiger partial charge in [-0.3, -0.25) is 9.59 Å². The molecule has 1 aliphatic rings. The highest BCUT2D eigenvalue weighted by Gasteiger charge is 2.27. The summed E-state index contributed by atoms with van der Waals surface area (Å²) in [6.07, 6.45) is 1.68. The van der Waals surface area contributed by atoms with Crippen LogP contribution in [0.25, 0.3) is 10.2 Å². The summed E-state index contributed by atoms with van der Waals surface area (Å²) in [6, 6.07) is 15.6. The molecule has 0 atom stereocenters. The molecule has 1 N–H and O–H groups in total. The van der Waals surface area contributed by atoms with Crippen molar-refractivity contribution in [2.24, 2.45) is 5.92 Å². The number of anilines is 1. The first-order valence-electron chi connectivity index (χ1n) is 10.2. The zero-order chi connectivity index (χ0) is 20.9. The van der Waals surface area contributed by atoms with Gasteiger partial charge >= 0.3 is 0 Å². The average molecular weight is 424 g/mol. The molecule has 4 rings (SSSR count). The Balaban J connectivity index is 1.23. The summed E-state index contributed by atoms with van der Waals surface area (Å²) in [5.74, 6) is 0.741. The number of likely N-dealkylation sites (tertiary alicyclic amines) is 1. The SMILES string of the molecule is Cc1ccc2nc(NC(=O)C3CCN(C(=O)CCOc4ccccc4)CC3)sc2c1. The van der Waals surface area contributed by atoms with Crippen LogP contribution in [-0.4, -0.2) is 41.4 Å². The Morgan fingerprint density at radius 2 is 1.93 bits per heavy atom. The first-order chi connectivity index (χ1) is 14.6. The van der Waals surface area contributed by atoms with Crippen LogP contribution in [0.1, 0.15) is 24.8 Å². The van der Waals surface area contributed by atoms with E-state index in [1.54, 1.807) is 0 Å². The van der Waals surface area contributed by atoms with Gasteiger partial charge in [-0.05, 0) is 49.6 Å². The minimum Gasteiger partial charge on any atom is -0.493 e. The highest BCUT2D eigenvalue weighted by atomic mass is 32.1. The lowest BCUT2D eigenvalue weighted by Gasteiger charge is -2.31. The minimum atomic E-state index is -0.0941. The van der Waals surface area contributed by atoms with Crippen LogP contribution in [0.3, 0.4) is 0 Å². The van der Waals surface area contributed by atoms with Crippen molar-refractivity contribution in [3.05, 3.63) is 54.1 Å². The lowest BCUT2D eigenvalue weighted by atomic mass is 9.96. The molecule has 156 valence electrons. The number of nitrogens with one attached hydrogen (secondary N) is 1. The number of hydrogen-bond acceptors (Lipinski definition) is 5. The molecule has 6 nitrogen and oxygen atoms in total. The van der Waals surface area contributed by atoms with E-state index in [4.69, 9.17) is 4.74 Å². The van der Waals surface area contributed by atoms with Crippen molar-refractivity contribution in [2.75, 3.05) is 25.0 Å². The molecule has 2 heterocycles. The third kappa shape index (κ3) is 4.97. The summed E-state index contributed by atoms with van der Waals surface area (Å²) in [5, 5.41) is 3.60. The molecule has 0 radical (unpaired) electrons. The predicted molar refractivity (Wildman–Crippen MR) is 119 cm³/mol. The average Bonchev–Trinajstić information content (AvgIpc) is 3.15. The fourth-order valence-electron chi connectivity index (χ4n) is 3.61. The van der Waals surface area contributed by atoms with E-state index in [2.05, 4.69) is 16.4 Å². The summed E-state index contributed by atoms with van der Waals surface area (Å²) >= 11 is 1.49. The van der Waals surface area contributed by atoms with Gasteiger partial charge in [-0.15, -0.1) is 0 Å². The Bertz CT molecular complexity index is 1030. The molecule has 0 saturated carbocycles. The number of fused-ring (bicyclic) bond motifs is 1. The number of thiazole rings is 1. The van der Waals surface area contributed by atoms with Crippen LogP contribution in [-0.2, 0) is 9.59 Å². The second-order valence-corrected chi connectivity index (χ2v) is 8.58. The van der Waals surface area contributed by atoms with Crippen LogP contribution in [0.5, 0.6) is 5.75 Å². The van der Waals surface area contributed by atoms with Gasteiger partial charge in [-0.25, -0.2) is 4.98 Å². The zero-order valence-corrected chi connectivity index (χ0v) is 17.8. The van der Waals surface area contributed by atoms with Gasteiger partial charge < -0.3 is 15.0 Å². The van der Waals surface area contributed by atoms with E-state index in [9.17, 15) is 9.59 Å². The van der Waals surface area contributed by atoms with Crippen molar-refractivity contribution in [1.29, 1.82) is 0 Å². The number of amides is 2. The number of aromatic nitrogens is 1. The van der Waals surface area contributed by atoms with E-state index in [0.29, 0.717) is 44.1 Å². The number of hydrogen-bond donors (Lipinski definition) is 1. The Morgan fingerprint density at radius 1 is 1.17 bits per heavy atom. The van der Waals surface area contributed by atoms with Crippen molar-refractivity contribution < 1.29 is 14.3 Å². The third-order valence-corrected chi connectivity index (χ3v) is 6.25. The summed E-state index contributed by atoms with van der Waals surface area (Å²) in [4.78, 5) is 31.4. The van der Waals surface area contributed by atoms with Crippen molar-refractivity contribution >= 4 is 38.5 Å². The van der Waals surface area contributed by atoms with E-state index >= 15 is 0 Å². The largest absolute Gasteiger partial charge is 0.493 e. The van der Waals surface area contributed by atoms with Crippen molar-refractivity contribution in [3.63, 3.8) is 0 Å². The number of rotatable bonds is 6. The Morgan fingerprint density at radius 3 is 2.70 bits per heavy atom. The van der Waals surface area contributed by atoms with Crippen LogP contribution < -0.4 is 10.1 Å². The molecule has 1 saturated heterocycles. The molecule has 0 aliphatic carbocycles. The molecule has 7 heteroatoms. The molecular weight excluding hydrogens is 398 g/mol. The number of carbonyl (C=O) groups is 2. The van der Waals surface area contributed by atoms with Gasteiger partial charge in [0.05, 0.1) is 23.2 Å². The van der Waals surface area contributed by atoms with Gasteiger partial charge in [0.2, 0.25) is 11.8 Å². The molecule has 0 spiro atoms. The number of piperidine rings is 1.